The first kappa shape index (κ1) is 15.0. The van der Waals surface area contributed by atoms with E-state index in [1.807, 2.05) is 60.7 Å². The summed E-state index contributed by atoms with van der Waals surface area (Å²) >= 11 is 0. The SMILES string of the molecule is COc1ccc(Nc2nc(N)nc3cc(-c4ccccc4)oc23)cc1. The molecule has 0 unspecified atom stereocenters. The molecule has 0 atom stereocenters. The zero-order valence-electron chi connectivity index (χ0n) is 13.6. The number of rotatable bonds is 4. The Balaban J connectivity index is 1.76. The maximum atomic E-state index is 5.99. The second-order valence-corrected chi connectivity index (χ2v) is 5.47. The molecule has 4 rings (SSSR count). The van der Waals surface area contributed by atoms with Gasteiger partial charge in [-0.05, 0) is 24.3 Å². The number of nitrogens with one attached hydrogen (secondary N) is 1. The number of nitrogen functional groups attached to an aromatic ring is 1. The van der Waals surface area contributed by atoms with E-state index >= 15 is 0 Å². The van der Waals surface area contributed by atoms with Crippen molar-refractivity contribution in [3.8, 4) is 17.1 Å². The van der Waals surface area contributed by atoms with E-state index in [1.165, 1.54) is 0 Å². The van der Waals surface area contributed by atoms with Gasteiger partial charge in [-0.3, -0.25) is 0 Å². The standard InChI is InChI=1S/C19H16N4O2/c1-24-14-9-7-13(8-10-14)21-18-17-15(22-19(20)23-18)11-16(25-17)12-5-3-2-4-6-12/h2-11H,1H3,(H3,20,21,22,23). The Morgan fingerprint density at radius 2 is 1.76 bits per heavy atom. The van der Waals surface area contributed by atoms with Gasteiger partial charge in [-0.15, -0.1) is 0 Å². The van der Waals surface area contributed by atoms with E-state index in [1.54, 1.807) is 7.11 Å². The molecule has 6 heteroatoms. The number of nitrogens with two attached hydrogens (primary N) is 1. The van der Waals surface area contributed by atoms with Crippen LogP contribution in [0.3, 0.4) is 0 Å². The van der Waals surface area contributed by atoms with Crippen LogP contribution >= 0.6 is 0 Å². The van der Waals surface area contributed by atoms with Crippen molar-refractivity contribution in [2.24, 2.45) is 0 Å². The van der Waals surface area contributed by atoms with E-state index in [-0.39, 0.29) is 5.95 Å². The van der Waals surface area contributed by atoms with Crippen molar-refractivity contribution in [2.75, 3.05) is 18.2 Å². The van der Waals surface area contributed by atoms with Gasteiger partial charge in [0.15, 0.2) is 11.4 Å². The zero-order chi connectivity index (χ0) is 17.2. The second kappa shape index (κ2) is 6.16. The molecule has 0 saturated heterocycles. The lowest BCUT2D eigenvalue weighted by atomic mass is 10.2. The Bertz CT molecular complexity index is 1010. The average molecular weight is 332 g/mol. The summed E-state index contributed by atoms with van der Waals surface area (Å²) in [6, 6.07) is 19.2. The minimum atomic E-state index is 0.184. The number of hydrogen-bond donors (Lipinski definition) is 2. The molecular weight excluding hydrogens is 316 g/mol. The highest BCUT2D eigenvalue weighted by atomic mass is 16.5. The molecule has 124 valence electrons. The third-order valence-corrected chi connectivity index (χ3v) is 3.80. The molecule has 4 aromatic rings. The molecule has 2 aromatic carbocycles. The number of fused-ring (bicyclic) bond motifs is 1. The molecule has 0 aliphatic heterocycles. The fourth-order valence-electron chi connectivity index (χ4n) is 2.59. The number of furan rings is 1. The van der Waals surface area contributed by atoms with E-state index in [2.05, 4.69) is 15.3 Å². The van der Waals surface area contributed by atoms with Crippen LogP contribution in [-0.4, -0.2) is 17.1 Å². The number of anilines is 3. The number of methoxy groups -OCH3 is 1. The van der Waals surface area contributed by atoms with E-state index < -0.39 is 0 Å². The second-order valence-electron chi connectivity index (χ2n) is 5.47. The van der Waals surface area contributed by atoms with Gasteiger partial charge in [0, 0.05) is 17.3 Å². The predicted molar refractivity (Wildman–Crippen MR) is 97.9 cm³/mol. The van der Waals surface area contributed by atoms with Gasteiger partial charge in [-0.25, -0.2) is 4.98 Å². The molecule has 0 aliphatic rings. The molecule has 3 N–H and O–H groups in total. The largest absolute Gasteiger partial charge is 0.497 e. The highest BCUT2D eigenvalue weighted by Crippen LogP contribution is 2.32. The maximum absolute atomic E-state index is 5.99. The van der Waals surface area contributed by atoms with Gasteiger partial charge in [0.05, 0.1) is 7.11 Å². The summed E-state index contributed by atoms with van der Waals surface area (Å²) in [5.74, 6) is 2.20. The highest BCUT2D eigenvalue weighted by molar-refractivity contribution is 5.90. The number of aromatic nitrogens is 2. The predicted octanol–water partition coefficient (Wildman–Crippen LogP) is 4.22. The molecule has 0 amide bonds. The molecule has 0 fully saturated rings. The molecule has 2 aromatic heterocycles. The van der Waals surface area contributed by atoms with Gasteiger partial charge in [-0.2, -0.15) is 4.98 Å². The first-order valence-electron chi connectivity index (χ1n) is 7.76. The monoisotopic (exact) mass is 332 g/mol. The van der Waals surface area contributed by atoms with E-state index in [0.717, 1.165) is 17.0 Å². The smallest absolute Gasteiger partial charge is 0.222 e. The number of ether oxygens (including phenoxy) is 1. The summed E-state index contributed by atoms with van der Waals surface area (Å²) in [5.41, 5.74) is 8.87. The van der Waals surface area contributed by atoms with E-state index in [0.29, 0.717) is 22.7 Å². The molecule has 0 radical (unpaired) electrons. The fourth-order valence-corrected chi connectivity index (χ4v) is 2.59. The lowest BCUT2D eigenvalue weighted by Crippen LogP contribution is -2.00. The molecule has 25 heavy (non-hydrogen) atoms. The Morgan fingerprint density at radius 3 is 2.48 bits per heavy atom. The fraction of sp³-hybridized carbons (Fsp3) is 0.0526. The van der Waals surface area contributed by atoms with Gasteiger partial charge in [-0.1, -0.05) is 30.3 Å². The Kier molecular flexibility index (Phi) is 3.70. The van der Waals surface area contributed by atoms with Crippen molar-refractivity contribution >= 4 is 28.6 Å². The normalized spacial score (nSPS) is 10.8. The Morgan fingerprint density at radius 1 is 1.00 bits per heavy atom. The van der Waals surface area contributed by atoms with Gasteiger partial charge < -0.3 is 20.2 Å². The van der Waals surface area contributed by atoms with Gasteiger partial charge in [0.25, 0.3) is 0 Å². The van der Waals surface area contributed by atoms with Crippen molar-refractivity contribution in [3.05, 3.63) is 60.7 Å². The van der Waals surface area contributed by atoms with Crippen LogP contribution in [0, 0.1) is 0 Å². The van der Waals surface area contributed by atoms with Crippen molar-refractivity contribution in [3.63, 3.8) is 0 Å². The summed E-state index contributed by atoms with van der Waals surface area (Å²) < 4.78 is 11.2. The van der Waals surface area contributed by atoms with Crippen molar-refractivity contribution in [2.45, 2.75) is 0 Å². The lowest BCUT2D eigenvalue weighted by Gasteiger charge is -2.07. The Labute approximate surface area is 144 Å². The minimum Gasteiger partial charge on any atom is -0.497 e. The van der Waals surface area contributed by atoms with Crippen molar-refractivity contribution in [1.29, 1.82) is 0 Å². The van der Waals surface area contributed by atoms with Gasteiger partial charge in [0.2, 0.25) is 5.95 Å². The zero-order valence-corrected chi connectivity index (χ0v) is 13.6. The summed E-state index contributed by atoms with van der Waals surface area (Å²) in [4.78, 5) is 8.54. The third-order valence-electron chi connectivity index (χ3n) is 3.80. The number of nitrogens with zero attached hydrogens (tertiary/aromatic N) is 2. The lowest BCUT2D eigenvalue weighted by molar-refractivity contribution is 0.415. The summed E-state index contributed by atoms with van der Waals surface area (Å²) in [7, 11) is 1.63. The quantitative estimate of drug-likeness (QED) is 0.582. The highest BCUT2D eigenvalue weighted by Gasteiger charge is 2.14. The topological polar surface area (TPSA) is 86.2 Å². The molecule has 6 nitrogen and oxygen atoms in total. The maximum Gasteiger partial charge on any atom is 0.222 e. The molecule has 0 aliphatic carbocycles. The van der Waals surface area contributed by atoms with E-state index in [9.17, 15) is 0 Å². The first-order valence-corrected chi connectivity index (χ1v) is 7.76. The van der Waals surface area contributed by atoms with Crippen LogP contribution in [0.25, 0.3) is 22.4 Å². The van der Waals surface area contributed by atoms with Crippen LogP contribution in [0.5, 0.6) is 5.75 Å². The molecular formula is C19H16N4O2. The van der Waals surface area contributed by atoms with Crippen LogP contribution in [0.15, 0.2) is 65.1 Å². The van der Waals surface area contributed by atoms with Crippen LogP contribution in [-0.2, 0) is 0 Å². The molecule has 2 heterocycles. The third kappa shape index (κ3) is 2.97. The Hall–Kier alpha value is -3.54. The average Bonchev–Trinajstić information content (AvgIpc) is 3.07. The minimum absolute atomic E-state index is 0.184. The molecule has 0 bridgehead atoms. The van der Waals surface area contributed by atoms with Crippen LogP contribution in [0.1, 0.15) is 0 Å². The number of hydrogen-bond acceptors (Lipinski definition) is 6. The van der Waals surface area contributed by atoms with Crippen molar-refractivity contribution in [1.82, 2.24) is 9.97 Å². The van der Waals surface area contributed by atoms with Crippen LogP contribution in [0.2, 0.25) is 0 Å². The first-order chi connectivity index (χ1) is 12.2. The summed E-state index contributed by atoms with van der Waals surface area (Å²) in [6.45, 7) is 0. The molecule has 0 saturated carbocycles. The van der Waals surface area contributed by atoms with Crippen LogP contribution in [0.4, 0.5) is 17.5 Å². The van der Waals surface area contributed by atoms with Gasteiger partial charge >= 0.3 is 0 Å². The van der Waals surface area contributed by atoms with Crippen molar-refractivity contribution < 1.29 is 9.15 Å². The van der Waals surface area contributed by atoms with Gasteiger partial charge in [0.1, 0.15) is 17.0 Å². The molecule has 0 spiro atoms. The van der Waals surface area contributed by atoms with E-state index in [4.69, 9.17) is 14.9 Å². The number of benzene rings is 2. The van der Waals surface area contributed by atoms with Crippen LogP contribution < -0.4 is 15.8 Å². The summed E-state index contributed by atoms with van der Waals surface area (Å²) in [5, 5.41) is 3.22. The summed E-state index contributed by atoms with van der Waals surface area (Å²) in [6.07, 6.45) is 0.